The van der Waals surface area contributed by atoms with Gasteiger partial charge in [0.15, 0.2) is 5.82 Å². The number of ether oxygens (including phenoxy) is 2. The number of hydrogen-bond donors (Lipinski definition) is 3. The molecule has 2 saturated heterocycles. The van der Waals surface area contributed by atoms with Gasteiger partial charge in [-0.3, -0.25) is 14.4 Å². The second-order valence-electron chi connectivity index (χ2n) is 18.8. The predicted molar refractivity (Wildman–Crippen MR) is 257 cm³/mol. The van der Waals surface area contributed by atoms with Crippen LogP contribution in [0.3, 0.4) is 0 Å². The van der Waals surface area contributed by atoms with Crippen LogP contribution < -0.4 is 15.4 Å². The molecule has 2 fully saturated rings. The Morgan fingerprint density at radius 1 is 0.972 bits per heavy atom. The number of unbranched alkanes of at least 4 members (excludes halogenated alkanes) is 1. The number of halogens is 3. The van der Waals surface area contributed by atoms with E-state index in [-0.39, 0.29) is 49.5 Å². The Balaban J connectivity index is 0.764. The maximum absolute atomic E-state index is 14.1. The van der Waals surface area contributed by atoms with Crippen molar-refractivity contribution in [2.45, 2.75) is 115 Å². The summed E-state index contributed by atoms with van der Waals surface area (Å²) < 4.78 is 58.3. The van der Waals surface area contributed by atoms with Crippen molar-refractivity contribution in [3.05, 3.63) is 100 Å². The van der Waals surface area contributed by atoms with Gasteiger partial charge >= 0.3 is 6.18 Å². The minimum Gasteiger partial charge on any atom is -0.494 e. The number of carbonyl (C=O) groups is 3. The molecule has 3 aliphatic heterocycles. The Morgan fingerprint density at radius 2 is 1.72 bits per heavy atom. The Hall–Kier alpha value is -6.19. The summed E-state index contributed by atoms with van der Waals surface area (Å²) >= 11 is 1.53. The molecule has 0 bridgehead atoms. The highest BCUT2D eigenvalue weighted by Crippen LogP contribution is 2.35. The van der Waals surface area contributed by atoms with Gasteiger partial charge in [0.05, 0.1) is 53.6 Å². The number of amidine groups is 1. The van der Waals surface area contributed by atoms with Crippen LogP contribution >= 0.6 is 11.3 Å². The number of fused-ring (bicyclic) bond motifs is 1. The number of likely N-dealkylation sites (tertiary alicyclic amines) is 2. The molecule has 380 valence electrons. The molecule has 3 amide bonds. The summed E-state index contributed by atoms with van der Waals surface area (Å²) in [6.45, 7) is 10.4. The van der Waals surface area contributed by atoms with Crippen LogP contribution in [0.25, 0.3) is 10.4 Å². The molecule has 0 radical (unpaired) electrons. The molecule has 0 aliphatic carbocycles. The largest absolute Gasteiger partial charge is 0.494 e. The third kappa shape index (κ3) is 12.7. The number of aromatic nitrogens is 5. The van der Waals surface area contributed by atoms with E-state index < -0.39 is 42.0 Å². The highest BCUT2D eigenvalue weighted by Gasteiger charge is 2.44. The SMILES string of the molecule is Cc1cc([C@H](C(=O)N2C[C@H](O)CC2C(=O)NC(CC(=O)NCCOCCCCOc2ccc(C3CCN(C4=Nn5c(nnc5C(F)(F)F)CC4)CC3)cc2)c2ccc(-c3scnc3C)cc2)C(C)C)on1. The molecule has 8 rings (SSSR count). The fourth-order valence-electron chi connectivity index (χ4n) is 9.50. The predicted octanol–water partition coefficient (Wildman–Crippen LogP) is 6.95. The van der Waals surface area contributed by atoms with Gasteiger partial charge in [0, 0.05) is 58.1 Å². The number of alkyl halides is 3. The molecule has 2 aromatic carbocycles. The fraction of sp³-hybridized carbons (Fsp3) is 0.520. The second-order valence-corrected chi connectivity index (χ2v) is 19.6. The summed E-state index contributed by atoms with van der Waals surface area (Å²) in [6.07, 6.45) is -1.42. The lowest BCUT2D eigenvalue weighted by atomic mass is 9.89. The molecule has 6 heterocycles. The van der Waals surface area contributed by atoms with Gasteiger partial charge < -0.3 is 39.5 Å². The molecular weight excluding hydrogens is 942 g/mol. The van der Waals surface area contributed by atoms with Gasteiger partial charge in [0.25, 0.3) is 5.82 Å². The molecular formula is C50H61F3N10O7S. The van der Waals surface area contributed by atoms with Gasteiger partial charge in [0.1, 0.15) is 29.3 Å². The first kappa shape index (κ1) is 51.2. The van der Waals surface area contributed by atoms with Gasteiger partial charge in [-0.25, -0.2) is 4.98 Å². The van der Waals surface area contributed by atoms with E-state index in [9.17, 15) is 32.7 Å². The van der Waals surface area contributed by atoms with E-state index in [1.54, 1.807) is 18.5 Å². The van der Waals surface area contributed by atoms with Gasteiger partial charge in [-0.15, -0.1) is 21.5 Å². The number of benzene rings is 2. The number of nitrogens with zero attached hydrogens (tertiary/aromatic N) is 8. The number of piperidine rings is 1. The Morgan fingerprint density at radius 3 is 2.39 bits per heavy atom. The average molecular weight is 1000 g/mol. The quantitative estimate of drug-likeness (QED) is 0.0720. The molecule has 0 spiro atoms. The van der Waals surface area contributed by atoms with Crippen LogP contribution in [0.15, 0.2) is 69.7 Å². The summed E-state index contributed by atoms with van der Waals surface area (Å²) in [5.74, 6) is -0.710. The minimum atomic E-state index is -4.62. The zero-order valence-corrected chi connectivity index (χ0v) is 41.2. The van der Waals surface area contributed by atoms with Crippen molar-refractivity contribution in [2.75, 3.05) is 46.0 Å². The number of aliphatic hydroxyl groups excluding tert-OH is 1. The van der Waals surface area contributed by atoms with E-state index in [0.717, 1.165) is 52.2 Å². The van der Waals surface area contributed by atoms with Crippen molar-refractivity contribution in [1.82, 2.24) is 45.4 Å². The third-order valence-corrected chi connectivity index (χ3v) is 14.2. The number of hydrogen-bond acceptors (Lipinski definition) is 14. The maximum Gasteiger partial charge on any atom is 0.453 e. The van der Waals surface area contributed by atoms with E-state index in [4.69, 9.17) is 14.0 Å². The zero-order valence-electron chi connectivity index (χ0n) is 40.4. The van der Waals surface area contributed by atoms with Crippen LogP contribution in [0, 0.1) is 19.8 Å². The normalized spacial score (nSPS) is 18.3. The minimum absolute atomic E-state index is 0.0111. The maximum atomic E-state index is 14.1. The molecule has 0 saturated carbocycles. The van der Waals surface area contributed by atoms with Gasteiger partial charge in [0.2, 0.25) is 17.7 Å². The van der Waals surface area contributed by atoms with Crippen molar-refractivity contribution >= 4 is 34.9 Å². The molecule has 21 heteroatoms. The summed E-state index contributed by atoms with van der Waals surface area (Å²) in [5.41, 5.74) is 6.19. The highest BCUT2D eigenvalue weighted by atomic mass is 32.1. The Kier molecular flexibility index (Phi) is 16.5. The number of nitrogens with one attached hydrogen (secondary N) is 2. The van der Waals surface area contributed by atoms with Crippen molar-refractivity contribution < 1.29 is 46.7 Å². The van der Waals surface area contributed by atoms with Gasteiger partial charge in [-0.2, -0.15) is 22.9 Å². The summed E-state index contributed by atoms with van der Waals surface area (Å²) in [6, 6.07) is 15.7. The lowest BCUT2D eigenvalue weighted by Gasteiger charge is -2.35. The van der Waals surface area contributed by atoms with Crippen molar-refractivity contribution in [3.63, 3.8) is 0 Å². The average Bonchev–Trinajstić information content (AvgIpc) is 4.18. The third-order valence-electron chi connectivity index (χ3n) is 13.3. The van der Waals surface area contributed by atoms with Crippen LogP contribution in [0.2, 0.25) is 0 Å². The van der Waals surface area contributed by atoms with Crippen molar-refractivity contribution in [1.29, 1.82) is 0 Å². The number of β-amino-alcohol motifs (C(OH)–C–C–N with tert-alkyl or cyclic N) is 1. The zero-order chi connectivity index (χ0) is 50.2. The molecule has 5 aromatic rings. The molecule has 4 atom stereocenters. The van der Waals surface area contributed by atoms with Crippen LogP contribution in [-0.4, -0.2) is 122 Å². The van der Waals surface area contributed by atoms with Gasteiger partial charge in [-0.1, -0.05) is 55.4 Å². The van der Waals surface area contributed by atoms with Crippen LogP contribution in [0.4, 0.5) is 13.2 Å². The monoisotopic (exact) mass is 1000 g/mol. The van der Waals surface area contributed by atoms with E-state index in [2.05, 4.69) is 53.1 Å². The number of aliphatic hydroxyl groups is 1. The molecule has 3 aliphatic rings. The summed E-state index contributed by atoms with van der Waals surface area (Å²) in [7, 11) is 0. The number of carbonyl (C=O) groups excluding carboxylic acids is 3. The molecule has 3 N–H and O–H groups in total. The lowest BCUT2D eigenvalue weighted by Crippen LogP contribution is -2.49. The number of rotatable bonds is 19. The molecule has 2 unspecified atom stereocenters. The molecule has 3 aromatic heterocycles. The highest BCUT2D eigenvalue weighted by molar-refractivity contribution is 7.13. The number of aryl methyl sites for hydroxylation is 3. The fourth-order valence-corrected chi connectivity index (χ4v) is 10.3. The Labute approximate surface area is 414 Å². The smallest absolute Gasteiger partial charge is 0.453 e. The Bertz CT molecular complexity index is 2630. The van der Waals surface area contributed by atoms with Crippen molar-refractivity contribution in [3.8, 4) is 16.2 Å². The first-order valence-corrected chi connectivity index (χ1v) is 25.1. The first-order chi connectivity index (χ1) is 34.1. The van der Waals surface area contributed by atoms with E-state index in [0.29, 0.717) is 74.5 Å². The number of amides is 3. The molecule has 71 heavy (non-hydrogen) atoms. The van der Waals surface area contributed by atoms with E-state index >= 15 is 0 Å². The van der Waals surface area contributed by atoms with Crippen LogP contribution in [-0.2, 0) is 31.7 Å². The van der Waals surface area contributed by atoms with Crippen LogP contribution in [0.5, 0.6) is 5.75 Å². The number of thiazole rings is 1. The van der Waals surface area contributed by atoms with Gasteiger partial charge in [-0.05, 0) is 80.2 Å². The van der Waals surface area contributed by atoms with Crippen LogP contribution in [0.1, 0.15) is 117 Å². The first-order valence-electron chi connectivity index (χ1n) is 24.3. The molecule has 17 nitrogen and oxygen atoms in total. The van der Waals surface area contributed by atoms with Crippen molar-refractivity contribution in [2.24, 2.45) is 11.0 Å². The lowest BCUT2D eigenvalue weighted by molar-refractivity contribution is -0.147. The van der Waals surface area contributed by atoms with E-state index in [1.165, 1.54) is 21.8 Å². The topological polar surface area (TPSA) is 202 Å². The summed E-state index contributed by atoms with van der Waals surface area (Å²) in [5, 5.41) is 31.9. The van der Waals surface area contributed by atoms with E-state index in [1.807, 2.05) is 57.2 Å². The summed E-state index contributed by atoms with van der Waals surface area (Å²) in [4.78, 5) is 50.5. The standard InChI is InChI=1S/C50H61F3N10O7S/c1-30(2)45(41-25-31(3)60-70-41)48(67)62-28-37(64)26-40(62)47(66)56-39(35-7-9-36(10-8-35)46-32(4)55-29-71-46)27-44(65)54-19-24-68-22-5-6-23-69-38-13-11-33(12-14-38)34-17-20-61(21-18-34)43-16-15-42-57-58-49(50(51,52)53)63(42)59-43/h7-14,25,29-30,34,37,39-40,45,64H,5-6,15-24,26-28H2,1-4H3,(H,54,65)(H,56,66)/t37-,39?,40?,45-/m1/s1. The second kappa shape index (κ2) is 22.9.